The number of ether oxygens (including phenoxy) is 1. The molecule has 5 heteroatoms. The van der Waals surface area contributed by atoms with Gasteiger partial charge in [0.25, 0.3) is 0 Å². The fourth-order valence-corrected chi connectivity index (χ4v) is 7.52. The van der Waals surface area contributed by atoms with E-state index < -0.39 is 0 Å². The number of nitrogens with zero attached hydrogens (tertiary/aromatic N) is 4. The van der Waals surface area contributed by atoms with Crippen molar-refractivity contribution in [2.75, 3.05) is 26.3 Å². The molecule has 44 heavy (non-hydrogen) atoms. The normalized spacial score (nSPS) is 20.3. The van der Waals surface area contributed by atoms with Crippen molar-refractivity contribution in [3.63, 3.8) is 0 Å². The average Bonchev–Trinajstić information content (AvgIpc) is 4.00. The second-order valence-electron chi connectivity index (χ2n) is 13.6. The van der Waals surface area contributed by atoms with Gasteiger partial charge in [0.1, 0.15) is 0 Å². The standard InChI is InChI=1S/C20H26N2.C17H20N2O.C2H6/c1-15(2)19-18-8-4-3-7-17(18)16(13-21-19)14-22-12-6-5-9-20(22)10-11-20;1-13-15-4-2-3-5-16(15)14(10-18-13)11-19-8-9-20-12-17(19)6-7-17;1-2/h3-4,7-8,13,15H,5-6,9-12,14H2,1-2H3;2-5,10H,6-9,11-12H2,1H3;1-2H3. The van der Waals surface area contributed by atoms with Crippen LogP contribution in [0.4, 0.5) is 0 Å². The summed E-state index contributed by atoms with van der Waals surface area (Å²) < 4.78 is 5.66. The highest BCUT2D eigenvalue weighted by Gasteiger charge is 2.50. The molecule has 234 valence electrons. The Morgan fingerprint density at radius 2 is 1.27 bits per heavy atom. The first-order valence-electron chi connectivity index (χ1n) is 17.3. The van der Waals surface area contributed by atoms with Gasteiger partial charge in [-0.3, -0.25) is 19.8 Å². The molecular weight excluding hydrogens is 540 g/mol. The molecule has 0 radical (unpaired) electrons. The zero-order valence-electron chi connectivity index (χ0n) is 27.7. The van der Waals surface area contributed by atoms with Gasteiger partial charge in [-0.1, -0.05) is 82.6 Å². The van der Waals surface area contributed by atoms with Crippen LogP contribution >= 0.6 is 0 Å². The second kappa shape index (κ2) is 13.2. The molecule has 0 amide bonds. The van der Waals surface area contributed by atoms with Crippen molar-refractivity contribution in [3.05, 3.63) is 83.4 Å². The summed E-state index contributed by atoms with van der Waals surface area (Å²) in [4.78, 5) is 14.7. The molecule has 0 unspecified atom stereocenters. The maximum absolute atomic E-state index is 5.66. The topological polar surface area (TPSA) is 41.5 Å². The third-order valence-corrected chi connectivity index (χ3v) is 10.4. The van der Waals surface area contributed by atoms with E-state index in [-0.39, 0.29) is 0 Å². The molecule has 2 aliphatic carbocycles. The van der Waals surface area contributed by atoms with Gasteiger partial charge < -0.3 is 4.74 Å². The Morgan fingerprint density at radius 3 is 1.91 bits per heavy atom. The largest absolute Gasteiger partial charge is 0.378 e. The van der Waals surface area contributed by atoms with Gasteiger partial charge >= 0.3 is 0 Å². The van der Waals surface area contributed by atoms with Crippen LogP contribution in [-0.2, 0) is 17.8 Å². The van der Waals surface area contributed by atoms with E-state index in [0.717, 1.165) is 38.5 Å². The number of aromatic nitrogens is 2. The Bertz CT molecular complexity index is 1570. The zero-order valence-corrected chi connectivity index (χ0v) is 27.7. The number of likely N-dealkylation sites (tertiary alicyclic amines) is 1. The molecule has 2 aliphatic heterocycles. The summed E-state index contributed by atoms with van der Waals surface area (Å²) in [6.07, 6.45) is 13.8. The molecule has 8 rings (SSSR count). The highest BCUT2D eigenvalue weighted by atomic mass is 16.5. The first kappa shape index (κ1) is 31.1. The summed E-state index contributed by atoms with van der Waals surface area (Å²) in [6.45, 7) is 16.7. The number of hydrogen-bond donors (Lipinski definition) is 0. The molecule has 2 spiro atoms. The number of morpholine rings is 1. The minimum Gasteiger partial charge on any atom is -0.378 e. The third-order valence-electron chi connectivity index (χ3n) is 10.4. The van der Waals surface area contributed by atoms with Gasteiger partial charge in [-0.2, -0.15) is 0 Å². The van der Waals surface area contributed by atoms with Crippen LogP contribution in [0.25, 0.3) is 21.5 Å². The van der Waals surface area contributed by atoms with Crippen LogP contribution in [0.15, 0.2) is 60.9 Å². The van der Waals surface area contributed by atoms with Crippen LogP contribution in [0.3, 0.4) is 0 Å². The zero-order chi connectivity index (χ0) is 30.7. The van der Waals surface area contributed by atoms with Gasteiger partial charge in [0, 0.05) is 59.6 Å². The van der Waals surface area contributed by atoms with E-state index in [4.69, 9.17) is 9.72 Å². The molecule has 2 saturated carbocycles. The molecule has 0 atom stereocenters. The van der Waals surface area contributed by atoms with E-state index in [9.17, 15) is 0 Å². The van der Waals surface area contributed by atoms with Gasteiger partial charge in [-0.15, -0.1) is 0 Å². The van der Waals surface area contributed by atoms with Crippen LogP contribution in [-0.4, -0.2) is 57.1 Å². The van der Waals surface area contributed by atoms with E-state index in [1.165, 1.54) is 89.9 Å². The highest BCUT2D eigenvalue weighted by molar-refractivity contribution is 5.88. The van der Waals surface area contributed by atoms with Gasteiger partial charge in [-0.25, -0.2) is 0 Å². The Balaban J connectivity index is 0.000000148. The number of benzene rings is 2. The minimum absolute atomic E-state index is 0.338. The van der Waals surface area contributed by atoms with Crippen LogP contribution in [0.2, 0.25) is 0 Å². The fourth-order valence-electron chi connectivity index (χ4n) is 7.52. The van der Waals surface area contributed by atoms with Gasteiger partial charge in [-0.05, 0) is 79.8 Å². The SMILES string of the molecule is CC.CC(C)c1ncc(CN2CCCCC23CC3)c2ccccc12.Cc1ncc(CN2CCOCC23CC3)c2ccccc12. The Morgan fingerprint density at radius 1 is 0.705 bits per heavy atom. The molecule has 2 aromatic heterocycles. The molecule has 2 aromatic carbocycles. The Kier molecular flexibility index (Phi) is 9.37. The van der Waals surface area contributed by atoms with Crippen molar-refractivity contribution in [2.24, 2.45) is 0 Å². The molecule has 4 aromatic rings. The first-order valence-corrected chi connectivity index (χ1v) is 17.3. The van der Waals surface area contributed by atoms with E-state index in [1.807, 2.05) is 13.8 Å². The summed E-state index contributed by atoms with van der Waals surface area (Å²) >= 11 is 0. The number of piperidine rings is 1. The van der Waals surface area contributed by atoms with Gasteiger partial charge in [0.2, 0.25) is 0 Å². The molecular formula is C39H52N4O. The molecule has 4 aliphatic rings. The minimum atomic E-state index is 0.338. The van der Waals surface area contributed by atoms with Crippen LogP contribution in [0, 0.1) is 6.92 Å². The number of fused-ring (bicyclic) bond motifs is 2. The lowest BCUT2D eigenvalue weighted by Crippen LogP contribution is -2.46. The lowest BCUT2D eigenvalue weighted by atomic mass is 9.96. The molecule has 2 saturated heterocycles. The van der Waals surface area contributed by atoms with E-state index in [1.54, 1.807) is 0 Å². The number of aryl methyl sites for hydroxylation is 1. The molecule has 4 heterocycles. The molecule has 4 fully saturated rings. The summed E-state index contributed by atoms with van der Waals surface area (Å²) in [5.41, 5.74) is 6.00. The van der Waals surface area contributed by atoms with Crippen molar-refractivity contribution in [3.8, 4) is 0 Å². The lowest BCUT2D eigenvalue weighted by Gasteiger charge is -2.36. The summed E-state index contributed by atoms with van der Waals surface area (Å²) in [7, 11) is 0. The fraction of sp³-hybridized carbons (Fsp3) is 0.538. The average molecular weight is 593 g/mol. The quantitative estimate of drug-likeness (QED) is 0.232. The Labute approximate surface area is 265 Å². The van der Waals surface area contributed by atoms with Crippen molar-refractivity contribution >= 4 is 21.5 Å². The third kappa shape index (κ3) is 6.29. The maximum atomic E-state index is 5.66. The second-order valence-corrected chi connectivity index (χ2v) is 13.6. The smallest absolute Gasteiger partial charge is 0.0651 e. The summed E-state index contributed by atoms with van der Waals surface area (Å²) in [5, 5.41) is 5.38. The van der Waals surface area contributed by atoms with Crippen LogP contribution in [0.5, 0.6) is 0 Å². The summed E-state index contributed by atoms with van der Waals surface area (Å²) in [5.74, 6) is 0.476. The predicted octanol–water partition coefficient (Wildman–Crippen LogP) is 8.81. The maximum Gasteiger partial charge on any atom is 0.0651 e. The van der Waals surface area contributed by atoms with Crippen molar-refractivity contribution in [1.82, 2.24) is 19.8 Å². The van der Waals surface area contributed by atoms with Crippen LogP contribution in [0.1, 0.15) is 101 Å². The van der Waals surface area contributed by atoms with Crippen molar-refractivity contribution in [2.45, 2.75) is 110 Å². The summed E-state index contributed by atoms with van der Waals surface area (Å²) in [6, 6.07) is 17.4. The Hall–Kier alpha value is -2.86. The van der Waals surface area contributed by atoms with E-state index >= 15 is 0 Å². The molecule has 5 nitrogen and oxygen atoms in total. The first-order chi connectivity index (χ1) is 21.5. The molecule has 0 bridgehead atoms. The monoisotopic (exact) mass is 592 g/mol. The molecule has 0 N–H and O–H groups in total. The van der Waals surface area contributed by atoms with Gasteiger partial charge in [0.05, 0.1) is 18.9 Å². The van der Waals surface area contributed by atoms with Crippen LogP contribution < -0.4 is 0 Å². The predicted molar refractivity (Wildman–Crippen MR) is 183 cm³/mol. The number of hydrogen-bond acceptors (Lipinski definition) is 5. The van der Waals surface area contributed by atoms with E-state index in [2.05, 4.69) is 96.5 Å². The number of pyridine rings is 2. The van der Waals surface area contributed by atoms with E-state index in [0.29, 0.717) is 17.0 Å². The lowest BCUT2D eigenvalue weighted by molar-refractivity contribution is -0.0243. The highest BCUT2D eigenvalue weighted by Crippen LogP contribution is 2.49. The van der Waals surface area contributed by atoms with Gasteiger partial charge in [0.15, 0.2) is 0 Å². The number of rotatable bonds is 5. The van der Waals surface area contributed by atoms with Crippen molar-refractivity contribution in [1.29, 1.82) is 0 Å². The van der Waals surface area contributed by atoms with Crippen molar-refractivity contribution < 1.29 is 4.74 Å².